The summed E-state index contributed by atoms with van der Waals surface area (Å²) in [6.07, 6.45) is 12.0. The molecule has 0 saturated heterocycles. The molecule has 0 aromatic carbocycles. The second-order valence-electron chi connectivity index (χ2n) is 6.35. The van der Waals surface area contributed by atoms with Gasteiger partial charge in [0, 0.05) is 37.9 Å². The summed E-state index contributed by atoms with van der Waals surface area (Å²) in [7, 11) is 0. The molecule has 0 unspecified atom stereocenters. The average Bonchev–Trinajstić information content (AvgIpc) is 2.56. The number of aromatic nitrogens is 1. The van der Waals surface area contributed by atoms with E-state index in [1.54, 1.807) is 12.4 Å². The first-order chi connectivity index (χ1) is 10.8. The lowest BCUT2D eigenvalue weighted by Gasteiger charge is -2.29. The van der Waals surface area contributed by atoms with Gasteiger partial charge < -0.3 is 10.6 Å². The maximum Gasteiger partial charge on any atom is 0.221 e. The van der Waals surface area contributed by atoms with Crippen molar-refractivity contribution in [3.05, 3.63) is 30.1 Å². The smallest absolute Gasteiger partial charge is 0.221 e. The SMILES string of the molecule is CCCC1CCC(NCCC(=O)NCc2cccnc2)CC1. The highest BCUT2D eigenvalue weighted by Crippen LogP contribution is 2.27. The number of nitrogens with zero attached hydrogens (tertiary/aromatic N) is 1. The summed E-state index contributed by atoms with van der Waals surface area (Å²) < 4.78 is 0. The standard InChI is InChI=1S/C18H29N3O/c1-2-4-15-6-8-17(9-7-15)20-12-10-18(22)21-14-16-5-3-11-19-13-16/h3,5,11,13,15,17,20H,2,4,6-10,12,14H2,1H3,(H,21,22). The normalized spacial score (nSPS) is 21.5. The van der Waals surface area contributed by atoms with Crippen LogP contribution in [0.15, 0.2) is 24.5 Å². The minimum absolute atomic E-state index is 0.107. The number of carbonyl (C=O) groups is 1. The van der Waals surface area contributed by atoms with Crippen LogP contribution in [-0.2, 0) is 11.3 Å². The highest BCUT2D eigenvalue weighted by atomic mass is 16.1. The van der Waals surface area contributed by atoms with Crippen LogP contribution in [-0.4, -0.2) is 23.5 Å². The number of pyridine rings is 1. The van der Waals surface area contributed by atoms with Crippen LogP contribution in [0.3, 0.4) is 0 Å². The Morgan fingerprint density at radius 3 is 2.82 bits per heavy atom. The second-order valence-corrected chi connectivity index (χ2v) is 6.35. The van der Waals surface area contributed by atoms with Crippen LogP contribution < -0.4 is 10.6 Å². The maximum absolute atomic E-state index is 11.8. The monoisotopic (exact) mass is 303 g/mol. The Kier molecular flexibility index (Phi) is 7.37. The van der Waals surface area contributed by atoms with E-state index in [-0.39, 0.29) is 5.91 Å². The van der Waals surface area contributed by atoms with Gasteiger partial charge in [-0.05, 0) is 43.2 Å². The first-order valence-corrected chi connectivity index (χ1v) is 8.67. The molecule has 1 heterocycles. The molecular formula is C18H29N3O. The van der Waals surface area contributed by atoms with Crippen molar-refractivity contribution >= 4 is 5.91 Å². The fourth-order valence-corrected chi connectivity index (χ4v) is 3.25. The average molecular weight is 303 g/mol. The summed E-state index contributed by atoms with van der Waals surface area (Å²) in [6.45, 7) is 3.62. The lowest BCUT2D eigenvalue weighted by atomic mass is 9.83. The van der Waals surface area contributed by atoms with Crippen molar-refractivity contribution in [3.63, 3.8) is 0 Å². The molecule has 2 rings (SSSR count). The van der Waals surface area contributed by atoms with E-state index in [0.29, 0.717) is 19.0 Å². The summed E-state index contributed by atoms with van der Waals surface area (Å²) in [6, 6.07) is 4.47. The Morgan fingerprint density at radius 2 is 2.14 bits per heavy atom. The van der Waals surface area contributed by atoms with Crippen molar-refractivity contribution in [2.45, 2.75) is 64.5 Å². The number of hydrogen-bond donors (Lipinski definition) is 2. The summed E-state index contributed by atoms with van der Waals surface area (Å²) in [5.74, 6) is 1.04. The molecule has 0 bridgehead atoms. The van der Waals surface area contributed by atoms with E-state index >= 15 is 0 Å². The number of amides is 1. The molecule has 2 N–H and O–H groups in total. The van der Waals surface area contributed by atoms with Crippen molar-refractivity contribution in [1.82, 2.24) is 15.6 Å². The molecule has 1 fully saturated rings. The Balaban J connectivity index is 1.54. The third-order valence-electron chi connectivity index (χ3n) is 4.54. The quantitative estimate of drug-likeness (QED) is 0.776. The molecule has 0 radical (unpaired) electrons. The molecule has 1 aliphatic rings. The summed E-state index contributed by atoms with van der Waals surface area (Å²) in [4.78, 5) is 15.9. The zero-order valence-corrected chi connectivity index (χ0v) is 13.7. The Labute approximate surface area is 134 Å². The van der Waals surface area contributed by atoms with Crippen molar-refractivity contribution < 1.29 is 4.79 Å². The summed E-state index contributed by atoms with van der Waals surface area (Å²) in [5.41, 5.74) is 1.04. The molecular weight excluding hydrogens is 274 g/mol. The molecule has 22 heavy (non-hydrogen) atoms. The number of hydrogen-bond acceptors (Lipinski definition) is 3. The van der Waals surface area contributed by atoms with Gasteiger partial charge >= 0.3 is 0 Å². The third-order valence-corrected chi connectivity index (χ3v) is 4.54. The fraction of sp³-hybridized carbons (Fsp3) is 0.667. The van der Waals surface area contributed by atoms with Gasteiger partial charge in [0.2, 0.25) is 5.91 Å². The molecule has 122 valence electrons. The summed E-state index contributed by atoms with van der Waals surface area (Å²) in [5, 5.41) is 6.48. The van der Waals surface area contributed by atoms with Crippen LogP contribution >= 0.6 is 0 Å². The zero-order valence-electron chi connectivity index (χ0n) is 13.7. The Bertz CT molecular complexity index is 427. The molecule has 4 heteroatoms. The number of carbonyl (C=O) groups excluding carboxylic acids is 1. The molecule has 0 aliphatic heterocycles. The fourth-order valence-electron chi connectivity index (χ4n) is 3.25. The van der Waals surface area contributed by atoms with Crippen LogP contribution in [0, 0.1) is 5.92 Å². The van der Waals surface area contributed by atoms with E-state index in [9.17, 15) is 4.79 Å². The van der Waals surface area contributed by atoms with Crippen molar-refractivity contribution in [1.29, 1.82) is 0 Å². The molecule has 1 aromatic rings. The van der Waals surface area contributed by atoms with Gasteiger partial charge in [-0.3, -0.25) is 9.78 Å². The highest BCUT2D eigenvalue weighted by Gasteiger charge is 2.19. The van der Waals surface area contributed by atoms with E-state index in [2.05, 4.69) is 22.5 Å². The van der Waals surface area contributed by atoms with Crippen LogP contribution in [0.1, 0.15) is 57.4 Å². The van der Waals surface area contributed by atoms with E-state index in [1.165, 1.54) is 38.5 Å². The molecule has 1 aliphatic carbocycles. The van der Waals surface area contributed by atoms with E-state index in [0.717, 1.165) is 18.0 Å². The van der Waals surface area contributed by atoms with E-state index < -0.39 is 0 Å². The van der Waals surface area contributed by atoms with Gasteiger partial charge in [-0.2, -0.15) is 0 Å². The zero-order chi connectivity index (χ0) is 15.6. The largest absolute Gasteiger partial charge is 0.352 e. The first kappa shape index (κ1) is 16.9. The van der Waals surface area contributed by atoms with Crippen LogP contribution in [0.2, 0.25) is 0 Å². The van der Waals surface area contributed by atoms with E-state index in [4.69, 9.17) is 0 Å². The van der Waals surface area contributed by atoms with E-state index in [1.807, 2.05) is 12.1 Å². The van der Waals surface area contributed by atoms with Crippen molar-refractivity contribution in [2.75, 3.05) is 6.54 Å². The summed E-state index contributed by atoms with van der Waals surface area (Å²) >= 11 is 0. The lowest BCUT2D eigenvalue weighted by Crippen LogP contribution is -2.36. The highest BCUT2D eigenvalue weighted by molar-refractivity contribution is 5.76. The van der Waals surface area contributed by atoms with Gasteiger partial charge in [0.1, 0.15) is 0 Å². The molecule has 0 atom stereocenters. The molecule has 1 amide bonds. The predicted octanol–water partition coefficient (Wildman–Crippen LogP) is 3.04. The topological polar surface area (TPSA) is 54.0 Å². The lowest BCUT2D eigenvalue weighted by molar-refractivity contribution is -0.121. The first-order valence-electron chi connectivity index (χ1n) is 8.67. The van der Waals surface area contributed by atoms with Gasteiger partial charge in [0.05, 0.1) is 0 Å². The minimum Gasteiger partial charge on any atom is -0.352 e. The molecule has 1 saturated carbocycles. The van der Waals surface area contributed by atoms with Crippen LogP contribution in [0.25, 0.3) is 0 Å². The Morgan fingerprint density at radius 1 is 1.32 bits per heavy atom. The third kappa shape index (κ3) is 6.14. The van der Waals surface area contributed by atoms with Gasteiger partial charge in [0.15, 0.2) is 0 Å². The Hall–Kier alpha value is -1.42. The van der Waals surface area contributed by atoms with Gasteiger partial charge in [0.25, 0.3) is 0 Å². The number of rotatable bonds is 8. The van der Waals surface area contributed by atoms with Crippen LogP contribution in [0.4, 0.5) is 0 Å². The molecule has 4 nitrogen and oxygen atoms in total. The van der Waals surface area contributed by atoms with Crippen molar-refractivity contribution in [3.8, 4) is 0 Å². The molecule has 1 aromatic heterocycles. The van der Waals surface area contributed by atoms with Gasteiger partial charge in [-0.1, -0.05) is 25.8 Å². The van der Waals surface area contributed by atoms with Gasteiger partial charge in [-0.25, -0.2) is 0 Å². The van der Waals surface area contributed by atoms with Crippen molar-refractivity contribution in [2.24, 2.45) is 5.92 Å². The van der Waals surface area contributed by atoms with Crippen LogP contribution in [0.5, 0.6) is 0 Å². The van der Waals surface area contributed by atoms with Gasteiger partial charge in [-0.15, -0.1) is 0 Å². The predicted molar refractivity (Wildman–Crippen MR) is 89.4 cm³/mol. The second kappa shape index (κ2) is 9.57. The number of nitrogens with one attached hydrogen (secondary N) is 2. The maximum atomic E-state index is 11.8. The molecule has 0 spiro atoms. The minimum atomic E-state index is 0.107.